The Labute approximate surface area is 184 Å². The van der Waals surface area contributed by atoms with Crippen LogP contribution >= 0.6 is 22.6 Å². The number of carbonyl (C=O) groups is 2. The van der Waals surface area contributed by atoms with Crippen LogP contribution in [0.1, 0.15) is 32.8 Å². The first-order chi connectivity index (χ1) is 13.3. The number of halogens is 2. The van der Waals surface area contributed by atoms with E-state index in [-0.39, 0.29) is 31.2 Å². The number of ether oxygens (including phenoxy) is 1. The topological polar surface area (TPSA) is 84.0 Å². The SMILES string of the molecule is CC(C)(C)OC(=O)N1CC(=O)N(c2cc(I)cc(CF)c2)CC1CCS(C)(=O)=O. The molecule has 29 heavy (non-hydrogen) atoms. The fourth-order valence-corrected chi connectivity index (χ4v) is 4.44. The van der Waals surface area contributed by atoms with E-state index in [9.17, 15) is 22.4 Å². The lowest BCUT2D eigenvalue weighted by molar-refractivity contribution is -0.122. The van der Waals surface area contributed by atoms with Gasteiger partial charge in [0.25, 0.3) is 0 Å². The number of benzene rings is 1. The van der Waals surface area contributed by atoms with Crippen molar-refractivity contribution in [1.29, 1.82) is 0 Å². The summed E-state index contributed by atoms with van der Waals surface area (Å²) in [7, 11) is -3.25. The quantitative estimate of drug-likeness (QED) is 0.536. The van der Waals surface area contributed by atoms with Crippen molar-refractivity contribution >= 4 is 50.1 Å². The summed E-state index contributed by atoms with van der Waals surface area (Å²) in [5, 5.41) is 0. The highest BCUT2D eigenvalue weighted by Gasteiger charge is 2.38. The van der Waals surface area contributed by atoms with E-state index in [1.807, 2.05) is 0 Å². The van der Waals surface area contributed by atoms with Gasteiger partial charge in [-0.1, -0.05) is 0 Å². The fraction of sp³-hybridized carbons (Fsp3) is 0.579. The van der Waals surface area contributed by atoms with Gasteiger partial charge in [-0.3, -0.25) is 9.69 Å². The Kier molecular flexibility index (Phi) is 7.52. The van der Waals surface area contributed by atoms with Crippen LogP contribution in [-0.2, 0) is 26.0 Å². The minimum absolute atomic E-state index is 0.111. The van der Waals surface area contributed by atoms with Crippen molar-refractivity contribution in [2.45, 2.75) is 45.5 Å². The number of rotatable bonds is 5. The molecular weight excluding hydrogens is 514 g/mol. The largest absolute Gasteiger partial charge is 0.444 e. The van der Waals surface area contributed by atoms with Crippen LogP contribution in [-0.4, -0.2) is 62.1 Å². The third kappa shape index (κ3) is 7.09. The van der Waals surface area contributed by atoms with Crippen LogP contribution in [0.3, 0.4) is 0 Å². The lowest BCUT2D eigenvalue weighted by Crippen LogP contribution is -2.59. The summed E-state index contributed by atoms with van der Waals surface area (Å²) in [6.45, 7) is 4.38. The Morgan fingerprint density at radius 1 is 1.31 bits per heavy atom. The van der Waals surface area contributed by atoms with Gasteiger partial charge in [0.05, 0.1) is 11.8 Å². The molecule has 0 N–H and O–H groups in total. The maximum Gasteiger partial charge on any atom is 0.411 e. The molecule has 10 heteroatoms. The Morgan fingerprint density at radius 2 is 1.97 bits per heavy atom. The summed E-state index contributed by atoms with van der Waals surface area (Å²) in [5.41, 5.74) is 0.231. The molecule has 162 valence electrons. The second-order valence-electron chi connectivity index (χ2n) is 8.14. The third-order valence-corrected chi connectivity index (χ3v) is 5.90. The van der Waals surface area contributed by atoms with Gasteiger partial charge in [0.15, 0.2) is 0 Å². The summed E-state index contributed by atoms with van der Waals surface area (Å²) in [6, 6.07) is 4.50. The van der Waals surface area contributed by atoms with Crippen LogP contribution in [0.2, 0.25) is 0 Å². The highest BCUT2D eigenvalue weighted by atomic mass is 127. The molecule has 2 rings (SSSR count). The number of hydrogen-bond acceptors (Lipinski definition) is 5. The van der Waals surface area contributed by atoms with Crippen LogP contribution in [0.4, 0.5) is 14.9 Å². The molecule has 1 unspecified atom stereocenters. The molecule has 0 radical (unpaired) electrons. The first-order valence-electron chi connectivity index (χ1n) is 9.12. The molecule has 1 heterocycles. The lowest BCUT2D eigenvalue weighted by atomic mass is 10.1. The van der Waals surface area contributed by atoms with E-state index in [0.717, 1.165) is 9.83 Å². The summed E-state index contributed by atoms with van der Waals surface area (Å²) >= 11 is 2.05. The van der Waals surface area contributed by atoms with Crippen LogP contribution in [0.5, 0.6) is 0 Å². The molecule has 1 aliphatic heterocycles. The number of anilines is 1. The van der Waals surface area contributed by atoms with Crippen molar-refractivity contribution in [1.82, 2.24) is 4.90 Å². The Morgan fingerprint density at radius 3 is 2.52 bits per heavy atom. The van der Waals surface area contributed by atoms with E-state index in [0.29, 0.717) is 11.3 Å². The molecule has 0 saturated carbocycles. The first kappa shape index (κ1) is 23.8. The summed E-state index contributed by atoms with van der Waals surface area (Å²) < 4.78 is 42.7. The van der Waals surface area contributed by atoms with Crippen LogP contribution in [0.25, 0.3) is 0 Å². The lowest BCUT2D eigenvalue weighted by Gasteiger charge is -2.41. The molecule has 2 amide bonds. The summed E-state index contributed by atoms with van der Waals surface area (Å²) in [6.07, 6.45) is 0.641. The smallest absolute Gasteiger partial charge is 0.411 e. The zero-order valence-electron chi connectivity index (χ0n) is 16.9. The minimum Gasteiger partial charge on any atom is -0.444 e. The van der Waals surface area contributed by atoms with Gasteiger partial charge < -0.3 is 9.64 Å². The van der Waals surface area contributed by atoms with Crippen molar-refractivity contribution in [2.75, 3.05) is 30.0 Å². The normalized spacial score (nSPS) is 18.1. The van der Waals surface area contributed by atoms with Gasteiger partial charge in [-0.15, -0.1) is 0 Å². The molecule has 1 saturated heterocycles. The summed E-state index contributed by atoms with van der Waals surface area (Å²) in [5.74, 6) is -0.459. The average Bonchev–Trinajstić information content (AvgIpc) is 2.57. The number of sulfone groups is 1. The molecule has 1 aliphatic rings. The van der Waals surface area contributed by atoms with Gasteiger partial charge in [0.2, 0.25) is 5.91 Å². The van der Waals surface area contributed by atoms with Crippen LogP contribution < -0.4 is 4.90 Å². The number of amides is 2. The molecule has 0 aromatic heterocycles. The monoisotopic (exact) mass is 540 g/mol. The minimum atomic E-state index is -3.25. The molecule has 1 fully saturated rings. The van der Waals surface area contributed by atoms with Crippen molar-refractivity contribution in [3.63, 3.8) is 0 Å². The van der Waals surface area contributed by atoms with Gasteiger partial charge in [0.1, 0.15) is 28.7 Å². The first-order valence-corrected chi connectivity index (χ1v) is 12.3. The number of nitrogens with zero attached hydrogens (tertiary/aromatic N) is 2. The molecule has 0 aliphatic carbocycles. The Hall–Kier alpha value is -1.43. The zero-order valence-corrected chi connectivity index (χ0v) is 19.9. The van der Waals surface area contributed by atoms with Gasteiger partial charge in [0, 0.05) is 22.1 Å². The number of piperazine rings is 1. The summed E-state index contributed by atoms with van der Waals surface area (Å²) in [4.78, 5) is 28.2. The fourth-order valence-electron chi connectivity index (χ4n) is 3.02. The van der Waals surface area contributed by atoms with Crippen LogP contribution in [0.15, 0.2) is 18.2 Å². The second-order valence-corrected chi connectivity index (χ2v) is 11.6. The van der Waals surface area contributed by atoms with Crippen molar-refractivity contribution in [3.05, 3.63) is 27.3 Å². The van der Waals surface area contributed by atoms with Gasteiger partial charge in [-0.05, 0) is 73.5 Å². The molecule has 0 spiro atoms. The predicted molar refractivity (Wildman–Crippen MR) is 117 cm³/mol. The van der Waals surface area contributed by atoms with E-state index >= 15 is 0 Å². The van der Waals surface area contributed by atoms with Crippen molar-refractivity contribution < 1.29 is 27.1 Å². The van der Waals surface area contributed by atoms with E-state index in [4.69, 9.17) is 4.74 Å². The average molecular weight is 540 g/mol. The number of hydrogen-bond donors (Lipinski definition) is 0. The maximum atomic E-state index is 13.2. The van der Waals surface area contributed by atoms with Gasteiger partial charge >= 0.3 is 6.09 Å². The van der Waals surface area contributed by atoms with Crippen molar-refractivity contribution in [3.8, 4) is 0 Å². The second kappa shape index (κ2) is 9.15. The van der Waals surface area contributed by atoms with E-state index in [1.165, 1.54) is 9.80 Å². The predicted octanol–water partition coefficient (Wildman–Crippen LogP) is 3.15. The van der Waals surface area contributed by atoms with E-state index < -0.39 is 34.2 Å². The van der Waals surface area contributed by atoms with E-state index in [2.05, 4.69) is 22.6 Å². The molecule has 0 bridgehead atoms. The third-order valence-electron chi connectivity index (χ3n) is 4.30. The highest BCUT2D eigenvalue weighted by molar-refractivity contribution is 14.1. The highest BCUT2D eigenvalue weighted by Crippen LogP contribution is 2.26. The number of alkyl halides is 1. The zero-order chi connectivity index (χ0) is 22.0. The Balaban J connectivity index is 2.32. The van der Waals surface area contributed by atoms with Gasteiger partial charge in [-0.25, -0.2) is 17.6 Å². The molecule has 1 aromatic rings. The Bertz CT molecular complexity index is 885. The number of carbonyl (C=O) groups excluding carboxylic acids is 2. The molecule has 1 aromatic carbocycles. The molecule has 1 atom stereocenters. The standard InChI is InChI=1S/C19H26FIN2O5S/c1-19(2,3)28-18(25)23-12-17(24)22(11-15(23)5-6-29(4,26)27)16-8-13(10-20)7-14(21)9-16/h7-9,15H,5-6,10-12H2,1-4H3. The van der Waals surface area contributed by atoms with Crippen molar-refractivity contribution in [2.24, 2.45) is 0 Å². The van der Waals surface area contributed by atoms with Gasteiger partial charge in [-0.2, -0.15) is 0 Å². The van der Waals surface area contributed by atoms with Crippen LogP contribution in [0, 0.1) is 3.57 Å². The molecular formula is C19H26FIN2O5S. The maximum absolute atomic E-state index is 13.2. The molecule has 7 nitrogen and oxygen atoms in total. The van der Waals surface area contributed by atoms with E-state index in [1.54, 1.807) is 39.0 Å².